The summed E-state index contributed by atoms with van der Waals surface area (Å²) in [5.41, 5.74) is 5.63. The van der Waals surface area contributed by atoms with Crippen molar-refractivity contribution in [1.82, 2.24) is 5.16 Å². The minimum Gasteiger partial charge on any atom is -0.371 e. The molecule has 2 aromatic rings. The van der Waals surface area contributed by atoms with Gasteiger partial charge in [0.05, 0.1) is 16.9 Å². The average molecular weight is 259 g/mol. The second kappa shape index (κ2) is 3.58. The molecular weight excluding hydrogens is 246 g/mol. The molecule has 98 valence electrons. The van der Waals surface area contributed by atoms with E-state index in [1.54, 1.807) is 38.2 Å². The lowest BCUT2D eigenvalue weighted by Gasteiger charge is -2.21. The topological polar surface area (TPSA) is 92.6 Å². The van der Waals surface area contributed by atoms with Gasteiger partial charge in [-0.25, -0.2) is 0 Å². The number of likely N-dealkylation sites (N-methyl/N-ethyl adjacent to an activating group) is 1. The van der Waals surface area contributed by atoms with Crippen LogP contribution in [0, 0.1) is 6.92 Å². The van der Waals surface area contributed by atoms with Crippen LogP contribution in [0.3, 0.4) is 0 Å². The van der Waals surface area contributed by atoms with Crippen LogP contribution in [0.1, 0.15) is 16.8 Å². The Bertz CT molecular complexity index is 660. The predicted molar refractivity (Wildman–Crippen MR) is 68.5 cm³/mol. The summed E-state index contributed by atoms with van der Waals surface area (Å²) in [7, 11) is 1.61. The second-order valence-corrected chi connectivity index (χ2v) is 4.60. The van der Waals surface area contributed by atoms with E-state index in [1.807, 2.05) is 0 Å². The number of fused-ring (bicyclic) bond motifs is 1. The molecule has 6 nitrogen and oxygen atoms in total. The number of para-hydroxylation sites is 1. The molecule has 1 aromatic carbocycles. The van der Waals surface area contributed by atoms with Crippen LogP contribution in [0.15, 0.2) is 28.8 Å². The number of aryl methyl sites for hydroxylation is 1. The molecule has 0 radical (unpaired) electrons. The maximum atomic E-state index is 12.4. The highest BCUT2D eigenvalue weighted by molar-refractivity contribution is 6.09. The first kappa shape index (κ1) is 11.7. The molecule has 1 aliphatic heterocycles. The lowest BCUT2D eigenvalue weighted by atomic mass is 9.87. The molecule has 0 fully saturated rings. The fourth-order valence-electron chi connectivity index (χ4n) is 2.61. The SMILES string of the molecule is Cc1noc(N)c1C1(O)C(=O)N(C)c2ccccc21. The van der Waals surface area contributed by atoms with E-state index in [2.05, 4.69) is 5.16 Å². The molecule has 0 bridgehead atoms. The third-order valence-electron chi connectivity index (χ3n) is 3.52. The Morgan fingerprint density at radius 2 is 2.11 bits per heavy atom. The van der Waals surface area contributed by atoms with Crippen LogP contribution in [0.25, 0.3) is 0 Å². The van der Waals surface area contributed by atoms with Crippen LogP contribution in [0.4, 0.5) is 11.6 Å². The third-order valence-corrected chi connectivity index (χ3v) is 3.52. The summed E-state index contributed by atoms with van der Waals surface area (Å²) in [6.45, 7) is 1.64. The Morgan fingerprint density at radius 1 is 1.42 bits per heavy atom. The smallest absolute Gasteiger partial charge is 0.268 e. The lowest BCUT2D eigenvalue weighted by molar-refractivity contribution is -0.131. The average Bonchev–Trinajstić information content (AvgIpc) is 2.83. The van der Waals surface area contributed by atoms with Crippen molar-refractivity contribution < 1.29 is 14.4 Å². The minimum atomic E-state index is -1.83. The number of hydrogen-bond donors (Lipinski definition) is 2. The quantitative estimate of drug-likeness (QED) is 0.789. The molecule has 1 unspecified atom stereocenters. The molecule has 3 N–H and O–H groups in total. The van der Waals surface area contributed by atoms with Gasteiger partial charge in [0.1, 0.15) is 0 Å². The van der Waals surface area contributed by atoms with Crippen LogP contribution in [0.2, 0.25) is 0 Å². The van der Waals surface area contributed by atoms with E-state index < -0.39 is 11.5 Å². The number of hydrogen-bond acceptors (Lipinski definition) is 5. The normalized spacial score (nSPS) is 21.8. The summed E-state index contributed by atoms with van der Waals surface area (Å²) < 4.78 is 4.87. The number of anilines is 2. The van der Waals surface area contributed by atoms with Crippen molar-refractivity contribution in [3.05, 3.63) is 41.1 Å². The second-order valence-electron chi connectivity index (χ2n) is 4.60. The molecule has 0 aliphatic carbocycles. The summed E-state index contributed by atoms with van der Waals surface area (Å²) in [4.78, 5) is 13.8. The Labute approximate surface area is 109 Å². The first-order valence-electron chi connectivity index (χ1n) is 5.80. The Balaban J connectivity index is 2.33. The highest BCUT2D eigenvalue weighted by atomic mass is 16.5. The van der Waals surface area contributed by atoms with Gasteiger partial charge >= 0.3 is 0 Å². The number of amides is 1. The molecule has 0 saturated heterocycles. The molecule has 1 atom stereocenters. The maximum Gasteiger partial charge on any atom is 0.268 e. The standard InChI is InChI=1S/C13H13N3O3/c1-7-10(11(14)19-15-7)13(18)8-5-3-4-6-9(8)16(2)12(13)17/h3-6,18H,14H2,1-2H3. The number of aromatic nitrogens is 1. The fourth-order valence-corrected chi connectivity index (χ4v) is 2.61. The molecule has 0 spiro atoms. The van der Waals surface area contributed by atoms with Gasteiger partial charge in [0.2, 0.25) is 11.5 Å². The first-order chi connectivity index (χ1) is 8.98. The lowest BCUT2D eigenvalue weighted by Crippen LogP contribution is -2.40. The molecule has 2 heterocycles. The van der Waals surface area contributed by atoms with E-state index in [0.29, 0.717) is 16.9 Å². The Kier molecular flexibility index (Phi) is 2.21. The zero-order valence-corrected chi connectivity index (χ0v) is 10.5. The number of aliphatic hydroxyl groups is 1. The van der Waals surface area contributed by atoms with Crippen molar-refractivity contribution in [2.24, 2.45) is 0 Å². The van der Waals surface area contributed by atoms with Crippen molar-refractivity contribution in [1.29, 1.82) is 0 Å². The predicted octanol–water partition coefficient (Wildman–Crippen LogP) is 0.778. The van der Waals surface area contributed by atoms with Gasteiger partial charge in [-0.05, 0) is 13.0 Å². The first-order valence-corrected chi connectivity index (χ1v) is 5.80. The number of carbonyl (C=O) groups excluding carboxylic acids is 1. The molecule has 1 amide bonds. The number of nitrogens with two attached hydrogens (primary N) is 1. The van der Waals surface area contributed by atoms with E-state index in [4.69, 9.17) is 10.3 Å². The number of benzene rings is 1. The third kappa shape index (κ3) is 1.29. The number of rotatable bonds is 1. The highest BCUT2D eigenvalue weighted by Gasteiger charge is 2.52. The van der Waals surface area contributed by atoms with E-state index in [-0.39, 0.29) is 11.4 Å². The maximum absolute atomic E-state index is 12.4. The van der Waals surface area contributed by atoms with E-state index in [1.165, 1.54) is 4.90 Å². The zero-order chi connectivity index (χ0) is 13.8. The summed E-state index contributed by atoms with van der Waals surface area (Å²) in [5.74, 6) is -0.509. The molecule has 1 aromatic heterocycles. The van der Waals surface area contributed by atoms with Crippen molar-refractivity contribution >= 4 is 17.5 Å². The van der Waals surface area contributed by atoms with E-state index in [0.717, 1.165) is 0 Å². The van der Waals surface area contributed by atoms with Gasteiger partial charge in [-0.2, -0.15) is 0 Å². The summed E-state index contributed by atoms with van der Waals surface area (Å²) >= 11 is 0. The van der Waals surface area contributed by atoms with Crippen molar-refractivity contribution in [3.63, 3.8) is 0 Å². The van der Waals surface area contributed by atoms with E-state index in [9.17, 15) is 9.90 Å². The van der Waals surface area contributed by atoms with Gasteiger partial charge in [0, 0.05) is 12.6 Å². The van der Waals surface area contributed by atoms with Crippen molar-refractivity contribution in [2.45, 2.75) is 12.5 Å². The van der Waals surface area contributed by atoms with E-state index >= 15 is 0 Å². The molecule has 6 heteroatoms. The minimum absolute atomic E-state index is 0.0431. The van der Waals surface area contributed by atoms with Gasteiger partial charge in [0.25, 0.3) is 5.91 Å². The van der Waals surface area contributed by atoms with Gasteiger partial charge < -0.3 is 20.3 Å². The molecule has 0 saturated carbocycles. The number of nitrogen functional groups attached to an aromatic ring is 1. The van der Waals surface area contributed by atoms with Crippen molar-refractivity contribution in [3.8, 4) is 0 Å². The molecule has 3 rings (SSSR count). The summed E-state index contributed by atoms with van der Waals surface area (Å²) in [6, 6.07) is 7.03. The number of nitrogens with zero attached hydrogens (tertiary/aromatic N) is 2. The highest BCUT2D eigenvalue weighted by Crippen LogP contribution is 2.46. The zero-order valence-electron chi connectivity index (χ0n) is 10.5. The fraction of sp³-hybridized carbons (Fsp3) is 0.231. The largest absolute Gasteiger partial charge is 0.371 e. The van der Waals surface area contributed by atoms with Crippen LogP contribution in [0.5, 0.6) is 0 Å². The Morgan fingerprint density at radius 3 is 2.74 bits per heavy atom. The van der Waals surface area contributed by atoms with Gasteiger partial charge in [-0.3, -0.25) is 4.79 Å². The Hall–Kier alpha value is -2.34. The molecular formula is C13H13N3O3. The van der Waals surface area contributed by atoms with Crippen LogP contribution in [-0.2, 0) is 10.4 Å². The number of carbonyl (C=O) groups is 1. The van der Waals surface area contributed by atoms with Crippen molar-refractivity contribution in [2.75, 3.05) is 17.7 Å². The summed E-state index contributed by atoms with van der Waals surface area (Å²) in [5, 5.41) is 14.6. The van der Waals surface area contributed by atoms with Gasteiger partial charge in [0.15, 0.2) is 0 Å². The monoisotopic (exact) mass is 259 g/mol. The van der Waals surface area contributed by atoms with Crippen LogP contribution < -0.4 is 10.6 Å². The van der Waals surface area contributed by atoms with Crippen LogP contribution in [-0.4, -0.2) is 23.2 Å². The summed E-state index contributed by atoms with van der Waals surface area (Å²) in [6.07, 6.45) is 0. The molecule has 1 aliphatic rings. The molecule has 19 heavy (non-hydrogen) atoms. The van der Waals surface area contributed by atoms with Crippen LogP contribution >= 0.6 is 0 Å². The van der Waals surface area contributed by atoms with Gasteiger partial charge in [-0.15, -0.1) is 0 Å². The van der Waals surface area contributed by atoms with Gasteiger partial charge in [-0.1, -0.05) is 23.4 Å².